The first kappa shape index (κ1) is 13.0. The van der Waals surface area contributed by atoms with Crippen LogP contribution in [-0.4, -0.2) is 25.8 Å². The van der Waals surface area contributed by atoms with Crippen molar-refractivity contribution < 1.29 is 4.74 Å². The zero-order chi connectivity index (χ0) is 10.9. The maximum atomic E-state index is 5.74. The van der Waals surface area contributed by atoms with Crippen LogP contribution in [0.2, 0.25) is 0 Å². The Morgan fingerprint density at radius 2 is 2.00 bits per heavy atom. The van der Waals surface area contributed by atoms with Gasteiger partial charge in [-0.15, -0.1) is 0 Å². The standard InChI is InChI=1S/C13H27NO/c1-3-5-10-15-11-13(14-4-2)12-8-6-7-9-12/h12-14H,3-11H2,1-2H3. The Balaban J connectivity index is 2.17. The zero-order valence-electron chi connectivity index (χ0n) is 10.4. The van der Waals surface area contributed by atoms with Gasteiger partial charge in [-0.05, 0) is 31.7 Å². The Bertz CT molecular complexity index is 143. The topological polar surface area (TPSA) is 21.3 Å². The molecule has 1 saturated carbocycles. The highest BCUT2D eigenvalue weighted by atomic mass is 16.5. The molecule has 0 aromatic rings. The zero-order valence-corrected chi connectivity index (χ0v) is 10.4. The van der Waals surface area contributed by atoms with Gasteiger partial charge in [-0.3, -0.25) is 0 Å². The summed E-state index contributed by atoms with van der Waals surface area (Å²) in [6.45, 7) is 7.32. The number of hydrogen-bond acceptors (Lipinski definition) is 2. The SMILES string of the molecule is CCCCOCC(NCC)C1CCCC1. The van der Waals surface area contributed by atoms with Crippen molar-refractivity contribution in [3.05, 3.63) is 0 Å². The van der Waals surface area contributed by atoms with Crippen LogP contribution in [0.15, 0.2) is 0 Å². The van der Waals surface area contributed by atoms with Gasteiger partial charge < -0.3 is 10.1 Å². The molecule has 1 unspecified atom stereocenters. The van der Waals surface area contributed by atoms with Crippen molar-refractivity contribution in [2.45, 2.75) is 58.4 Å². The molecule has 15 heavy (non-hydrogen) atoms. The van der Waals surface area contributed by atoms with Crippen molar-refractivity contribution in [2.24, 2.45) is 5.92 Å². The molecule has 0 amide bonds. The predicted octanol–water partition coefficient (Wildman–Crippen LogP) is 2.97. The summed E-state index contributed by atoms with van der Waals surface area (Å²) in [6.07, 6.45) is 8.06. The van der Waals surface area contributed by atoms with Gasteiger partial charge in [-0.1, -0.05) is 33.1 Å². The maximum Gasteiger partial charge on any atom is 0.0622 e. The van der Waals surface area contributed by atoms with Gasteiger partial charge in [0.1, 0.15) is 0 Å². The van der Waals surface area contributed by atoms with E-state index in [2.05, 4.69) is 19.2 Å². The molecule has 0 aromatic carbocycles. The van der Waals surface area contributed by atoms with E-state index in [4.69, 9.17) is 4.74 Å². The van der Waals surface area contributed by atoms with Crippen molar-refractivity contribution in [3.8, 4) is 0 Å². The monoisotopic (exact) mass is 213 g/mol. The van der Waals surface area contributed by atoms with Crippen LogP contribution in [0, 0.1) is 5.92 Å². The van der Waals surface area contributed by atoms with Crippen LogP contribution in [0.3, 0.4) is 0 Å². The van der Waals surface area contributed by atoms with Gasteiger partial charge in [-0.2, -0.15) is 0 Å². The second kappa shape index (κ2) is 8.12. The molecular formula is C13H27NO. The largest absolute Gasteiger partial charge is 0.380 e. The van der Waals surface area contributed by atoms with E-state index in [0.29, 0.717) is 6.04 Å². The smallest absolute Gasteiger partial charge is 0.0622 e. The van der Waals surface area contributed by atoms with Crippen molar-refractivity contribution >= 4 is 0 Å². The van der Waals surface area contributed by atoms with Crippen LogP contribution in [0.1, 0.15) is 52.4 Å². The summed E-state index contributed by atoms with van der Waals surface area (Å²) in [5, 5.41) is 3.58. The van der Waals surface area contributed by atoms with Gasteiger partial charge in [0, 0.05) is 12.6 Å². The first-order valence-electron chi connectivity index (χ1n) is 6.69. The lowest BCUT2D eigenvalue weighted by atomic mass is 9.99. The van der Waals surface area contributed by atoms with Gasteiger partial charge >= 0.3 is 0 Å². The number of nitrogens with one attached hydrogen (secondary N) is 1. The van der Waals surface area contributed by atoms with Crippen LogP contribution < -0.4 is 5.32 Å². The van der Waals surface area contributed by atoms with Crippen LogP contribution in [0.5, 0.6) is 0 Å². The summed E-state index contributed by atoms with van der Waals surface area (Å²) >= 11 is 0. The second-order valence-electron chi connectivity index (χ2n) is 4.64. The van der Waals surface area contributed by atoms with Crippen molar-refractivity contribution in [1.29, 1.82) is 0 Å². The molecule has 0 bridgehead atoms. The summed E-state index contributed by atoms with van der Waals surface area (Å²) in [7, 11) is 0. The average molecular weight is 213 g/mol. The molecule has 2 nitrogen and oxygen atoms in total. The molecule has 0 saturated heterocycles. The van der Waals surface area contributed by atoms with E-state index in [1.165, 1.54) is 38.5 Å². The Kier molecular flexibility index (Phi) is 7.03. The van der Waals surface area contributed by atoms with Crippen LogP contribution in [-0.2, 0) is 4.74 Å². The van der Waals surface area contributed by atoms with E-state index >= 15 is 0 Å². The normalized spacial score (nSPS) is 19.6. The van der Waals surface area contributed by atoms with Crippen LogP contribution >= 0.6 is 0 Å². The summed E-state index contributed by atoms with van der Waals surface area (Å²) in [5.74, 6) is 0.867. The fourth-order valence-electron chi connectivity index (χ4n) is 2.44. The highest BCUT2D eigenvalue weighted by Crippen LogP contribution is 2.27. The highest BCUT2D eigenvalue weighted by molar-refractivity contribution is 4.80. The average Bonchev–Trinajstić information content (AvgIpc) is 2.76. The van der Waals surface area contributed by atoms with Crippen molar-refractivity contribution in [2.75, 3.05) is 19.8 Å². The summed E-state index contributed by atoms with van der Waals surface area (Å²) in [6, 6.07) is 0.606. The minimum atomic E-state index is 0.606. The number of likely N-dealkylation sites (N-methyl/N-ethyl adjacent to an activating group) is 1. The molecule has 1 fully saturated rings. The Morgan fingerprint density at radius 1 is 1.27 bits per heavy atom. The van der Waals surface area contributed by atoms with E-state index in [1.807, 2.05) is 0 Å². The molecule has 1 aliphatic carbocycles. The van der Waals surface area contributed by atoms with Gasteiger partial charge in [0.05, 0.1) is 6.61 Å². The van der Waals surface area contributed by atoms with Crippen molar-refractivity contribution in [1.82, 2.24) is 5.32 Å². The summed E-state index contributed by atoms with van der Waals surface area (Å²) in [5.41, 5.74) is 0. The van der Waals surface area contributed by atoms with Crippen LogP contribution in [0.25, 0.3) is 0 Å². The van der Waals surface area contributed by atoms with E-state index < -0.39 is 0 Å². The van der Waals surface area contributed by atoms with Gasteiger partial charge in [0.2, 0.25) is 0 Å². The molecule has 1 atom stereocenters. The maximum absolute atomic E-state index is 5.74. The minimum absolute atomic E-state index is 0.606. The van der Waals surface area contributed by atoms with Gasteiger partial charge in [0.25, 0.3) is 0 Å². The first-order valence-corrected chi connectivity index (χ1v) is 6.69. The van der Waals surface area contributed by atoms with E-state index in [1.54, 1.807) is 0 Å². The molecule has 0 radical (unpaired) electrons. The molecule has 1 N–H and O–H groups in total. The molecule has 0 heterocycles. The summed E-state index contributed by atoms with van der Waals surface area (Å²) < 4.78 is 5.74. The number of hydrogen-bond donors (Lipinski definition) is 1. The number of ether oxygens (including phenoxy) is 1. The lowest BCUT2D eigenvalue weighted by Crippen LogP contribution is -2.39. The fourth-order valence-corrected chi connectivity index (χ4v) is 2.44. The molecular weight excluding hydrogens is 186 g/mol. The molecule has 0 spiro atoms. The van der Waals surface area contributed by atoms with Crippen LogP contribution in [0.4, 0.5) is 0 Å². The third kappa shape index (κ3) is 4.98. The predicted molar refractivity (Wildman–Crippen MR) is 65.1 cm³/mol. The minimum Gasteiger partial charge on any atom is -0.380 e. The summed E-state index contributed by atoms with van der Waals surface area (Å²) in [4.78, 5) is 0. The third-order valence-electron chi connectivity index (χ3n) is 3.37. The third-order valence-corrected chi connectivity index (χ3v) is 3.37. The first-order chi connectivity index (χ1) is 7.38. The van der Waals surface area contributed by atoms with Gasteiger partial charge in [0.15, 0.2) is 0 Å². The number of rotatable bonds is 8. The molecule has 1 aliphatic rings. The van der Waals surface area contributed by atoms with E-state index in [0.717, 1.165) is 25.7 Å². The second-order valence-corrected chi connectivity index (χ2v) is 4.64. The molecule has 0 aliphatic heterocycles. The lowest BCUT2D eigenvalue weighted by Gasteiger charge is -2.24. The quantitative estimate of drug-likeness (QED) is 0.626. The fraction of sp³-hybridized carbons (Fsp3) is 1.00. The Morgan fingerprint density at radius 3 is 2.60 bits per heavy atom. The van der Waals surface area contributed by atoms with Gasteiger partial charge in [-0.25, -0.2) is 0 Å². The number of unbranched alkanes of at least 4 members (excludes halogenated alkanes) is 1. The molecule has 1 rings (SSSR count). The molecule has 2 heteroatoms. The highest BCUT2D eigenvalue weighted by Gasteiger charge is 2.24. The Hall–Kier alpha value is -0.0800. The van der Waals surface area contributed by atoms with Crippen molar-refractivity contribution in [3.63, 3.8) is 0 Å². The molecule has 90 valence electrons. The molecule has 0 aromatic heterocycles. The van der Waals surface area contributed by atoms with E-state index in [9.17, 15) is 0 Å². The Labute approximate surface area is 94.8 Å². The van der Waals surface area contributed by atoms with E-state index in [-0.39, 0.29) is 0 Å². The lowest BCUT2D eigenvalue weighted by molar-refractivity contribution is 0.0920.